The standard InChI is InChI=1S/C15H22N2/c1-10(2)12(5)14-13-8-6-7-9-17(13)16-15(14)11(3)4/h6-12H,1-5H3. The largest absolute Gasteiger partial charge is 0.240 e. The number of nitrogens with zero attached hydrogens (tertiary/aromatic N) is 2. The van der Waals surface area contributed by atoms with Crippen LogP contribution >= 0.6 is 0 Å². The molecule has 0 N–H and O–H groups in total. The summed E-state index contributed by atoms with van der Waals surface area (Å²) in [6, 6.07) is 6.30. The summed E-state index contributed by atoms with van der Waals surface area (Å²) in [7, 11) is 0. The maximum Gasteiger partial charge on any atom is 0.0699 e. The smallest absolute Gasteiger partial charge is 0.0699 e. The third-order valence-corrected chi connectivity index (χ3v) is 3.61. The quantitative estimate of drug-likeness (QED) is 0.771. The molecule has 2 rings (SSSR count). The van der Waals surface area contributed by atoms with Crippen molar-refractivity contribution in [1.29, 1.82) is 0 Å². The highest BCUT2D eigenvalue weighted by Gasteiger charge is 2.22. The van der Waals surface area contributed by atoms with E-state index in [1.807, 2.05) is 16.8 Å². The van der Waals surface area contributed by atoms with Gasteiger partial charge in [0.25, 0.3) is 0 Å². The summed E-state index contributed by atoms with van der Waals surface area (Å²) < 4.78 is 2.02. The molecule has 0 saturated heterocycles. The fourth-order valence-corrected chi connectivity index (χ4v) is 2.26. The van der Waals surface area contributed by atoms with Crippen LogP contribution < -0.4 is 0 Å². The molecule has 2 aromatic rings. The molecule has 0 aliphatic heterocycles. The van der Waals surface area contributed by atoms with Crippen molar-refractivity contribution in [3.63, 3.8) is 0 Å². The lowest BCUT2D eigenvalue weighted by Gasteiger charge is -2.17. The van der Waals surface area contributed by atoms with Gasteiger partial charge in [0, 0.05) is 11.8 Å². The Balaban J connectivity index is 2.68. The molecular formula is C15H22N2. The molecular weight excluding hydrogens is 208 g/mol. The minimum absolute atomic E-state index is 0.478. The van der Waals surface area contributed by atoms with Crippen molar-refractivity contribution in [2.24, 2.45) is 5.92 Å². The Hall–Kier alpha value is -1.31. The average molecular weight is 230 g/mol. The van der Waals surface area contributed by atoms with Gasteiger partial charge in [-0.25, -0.2) is 4.52 Å². The third kappa shape index (κ3) is 2.08. The number of fused-ring (bicyclic) bond motifs is 1. The van der Waals surface area contributed by atoms with Crippen LogP contribution in [0.1, 0.15) is 57.7 Å². The molecule has 2 nitrogen and oxygen atoms in total. The van der Waals surface area contributed by atoms with Crippen LogP contribution in [0.25, 0.3) is 5.52 Å². The molecule has 0 fully saturated rings. The van der Waals surface area contributed by atoms with Gasteiger partial charge in [-0.1, -0.05) is 40.7 Å². The zero-order valence-corrected chi connectivity index (χ0v) is 11.4. The van der Waals surface area contributed by atoms with Crippen LogP contribution in [0, 0.1) is 5.92 Å². The van der Waals surface area contributed by atoms with Crippen LogP contribution in [0.15, 0.2) is 24.4 Å². The van der Waals surface area contributed by atoms with E-state index in [4.69, 9.17) is 5.10 Å². The molecule has 0 aliphatic carbocycles. The lowest BCUT2D eigenvalue weighted by atomic mass is 9.87. The fourth-order valence-electron chi connectivity index (χ4n) is 2.26. The molecule has 0 aliphatic rings. The van der Waals surface area contributed by atoms with E-state index in [9.17, 15) is 0 Å². The molecule has 92 valence electrons. The highest BCUT2D eigenvalue weighted by Crippen LogP contribution is 2.33. The van der Waals surface area contributed by atoms with E-state index in [2.05, 4.69) is 46.8 Å². The summed E-state index contributed by atoms with van der Waals surface area (Å²) in [4.78, 5) is 0. The molecule has 17 heavy (non-hydrogen) atoms. The van der Waals surface area contributed by atoms with Gasteiger partial charge in [0.2, 0.25) is 0 Å². The number of pyridine rings is 1. The first-order chi connectivity index (χ1) is 8.02. The van der Waals surface area contributed by atoms with Crippen molar-refractivity contribution in [2.75, 3.05) is 0 Å². The maximum absolute atomic E-state index is 4.73. The zero-order chi connectivity index (χ0) is 12.6. The SMILES string of the molecule is CC(C)c1nn2ccccc2c1C(C)C(C)C. The van der Waals surface area contributed by atoms with Gasteiger partial charge in [-0.05, 0) is 29.9 Å². The van der Waals surface area contributed by atoms with E-state index >= 15 is 0 Å². The van der Waals surface area contributed by atoms with E-state index in [0.717, 1.165) is 0 Å². The van der Waals surface area contributed by atoms with Gasteiger partial charge in [-0.3, -0.25) is 0 Å². The Morgan fingerprint density at radius 1 is 1.06 bits per heavy atom. The predicted molar refractivity (Wildman–Crippen MR) is 72.5 cm³/mol. The fraction of sp³-hybridized carbons (Fsp3) is 0.533. The van der Waals surface area contributed by atoms with Crippen molar-refractivity contribution in [1.82, 2.24) is 9.61 Å². The minimum atomic E-state index is 0.478. The molecule has 0 aromatic carbocycles. The lowest BCUT2D eigenvalue weighted by Crippen LogP contribution is -2.05. The van der Waals surface area contributed by atoms with Crippen molar-refractivity contribution in [3.8, 4) is 0 Å². The molecule has 0 saturated carbocycles. The first kappa shape index (κ1) is 12.2. The molecule has 2 heteroatoms. The molecule has 2 heterocycles. The summed E-state index contributed by atoms with van der Waals surface area (Å²) in [6.45, 7) is 11.3. The molecule has 1 atom stereocenters. The van der Waals surface area contributed by atoms with Crippen molar-refractivity contribution < 1.29 is 0 Å². The molecule has 0 bridgehead atoms. The Bertz CT molecular complexity index is 509. The molecule has 0 amide bonds. The summed E-state index contributed by atoms with van der Waals surface area (Å²) >= 11 is 0. The van der Waals surface area contributed by atoms with Gasteiger partial charge in [-0.2, -0.15) is 5.10 Å². The summed E-state index contributed by atoms with van der Waals surface area (Å²) in [5.41, 5.74) is 3.94. The van der Waals surface area contributed by atoms with E-state index in [-0.39, 0.29) is 0 Å². The van der Waals surface area contributed by atoms with Gasteiger partial charge in [0.1, 0.15) is 0 Å². The molecule has 2 aromatic heterocycles. The van der Waals surface area contributed by atoms with Crippen molar-refractivity contribution >= 4 is 5.52 Å². The second-order valence-electron chi connectivity index (χ2n) is 5.52. The van der Waals surface area contributed by atoms with E-state index in [0.29, 0.717) is 17.8 Å². The predicted octanol–water partition coefficient (Wildman–Crippen LogP) is 4.22. The number of rotatable bonds is 3. The third-order valence-electron chi connectivity index (χ3n) is 3.61. The highest BCUT2D eigenvalue weighted by molar-refractivity contribution is 5.58. The van der Waals surface area contributed by atoms with E-state index in [1.54, 1.807) is 0 Å². The van der Waals surface area contributed by atoms with Crippen LogP contribution in [0.4, 0.5) is 0 Å². The van der Waals surface area contributed by atoms with Crippen molar-refractivity contribution in [2.45, 2.75) is 46.5 Å². The topological polar surface area (TPSA) is 17.3 Å². The van der Waals surface area contributed by atoms with Crippen LogP contribution in [0.2, 0.25) is 0 Å². The monoisotopic (exact) mass is 230 g/mol. The number of hydrogen-bond acceptors (Lipinski definition) is 1. The van der Waals surface area contributed by atoms with Crippen LogP contribution in [0.3, 0.4) is 0 Å². The zero-order valence-electron chi connectivity index (χ0n) is 11.4. The second kappa shape index (κ2) is 4.52. The maximum atomic E-state index is 4.73. The van der Waals surface area contributed by atoms with Gasteiger partial charge in [0.05, 0.1) is 11.2 Å². The Morgan fingerprint density at radius 2 is 1.76 bits per heavy atom. The van der Waals surface area contributed by atoms with Crippen molar-refractivity contribution in [3.05, 3.63) is 35.7 Å². The summed E-state index contributed by atoms with van der Waals surface area (Å²) in [6.07, 6.45) is 2.04. The average Bonchev–Trinajstić information content (AvgIpc) is 2.67. The van der Waals surface area contributed by atoms with E-state index < -0.39 is 0 Å². The second-order valence-corrected chi connectivity index (χ2v) is 5.52. The molecule has 1 unspecified atom stereocenters. The van der Waals surface area contributed by atoms with Gasteiger partial charge in [-0.15, -0.1) is 0 Å². The minimum Gasteiger partial charge on any atom is -0.240 e. The first-order valence-electron chi connectivity index (χ1n) is 6.49. The molecule has 0 radical (unpaired) electrons. The van der Waals surface area contributed by atoms with Gasteiger partial charge < -0.3 is 0 Å². The lowest BCUT2D eigenvalue weighted by molar-refractivity contribution is 0.531. The van der Waals surface area contributed by atoms with Gasteiger partial charge in [0.15, 0.2) is 0 Å². The Labute approximate surface area is 104 Å². The van der Waals surface area contributed by atoms with Crippen LogP contribution in [-0.2, 0) is 0 Å². The number of hydrogen-bond donors (Lipinski definition) is 0. The van der Waals surface area contributed by atoms with E-state index in [1.165, 1.54) is 16.8 Å². The molecule has 0 spiro atoms. The first-order valence-corrected chi connectivity index (χ1v) is 6.49. The number of aromatic nitrogens is 2. The summed E-state index contributed by atoms with van der Waals surface area (Å²) in [5, 5.41) is 4.73. The van der Waals surface area contributed by atoms with Crippen LogP contribution in [0.5, 0.6) is 0 Å². The summed E-state index contributed by atoms with van der Waals surface area (Å²) in [5.74, 6) is 1.67. The Kier molecular flexibility index (Phi) is 3.23. The van der Waals surface area contributed by atoms with Crippen LogP contribution in [-0.4, -0.2) is 9.61 Å². The highest BCUT2D eigenvalue weighted by atomic mass is 15.2. The van der Waals surface area contributed by atoms with Gasteiger partial charge >= 0.3 is 0 Å². The normalized spacial score (nSPS) is 13.8. The Morgan fingerprint density at radius 3 is 2.35 bits per heavy atom.